The van der Waals surface area contributed by atoms with Crippen molar-refractivity contribution >= 4 is 33.2 Å². The largest absolute Gasteiger partial charge is 0.397 e. The fourth-order valence-electron chi connectivity index (χ4n) is 2.12. The summed E-state index contributed by atoms with van der Waals surface area (Å²) in [6, 6.07) is 3.93. The van der Waals surface area contributed by atoms with E-state index in [4.69, 9.17) is 10.9 Å². The van der Waals surface area contributed by atoms with Gasteiger partial charge < -0.3 is 10.6 Å². The number of nitrogens with zero attached hydrogens (tertiary/aromatic N) is 1. The summed E-state index contributed by atoms with van der Waals surface area (Å²) in [5.74, 6) is -0.900. The van der Waals surface area contributed by atoms with E-state index in [2.05, 4.69) is 5.32 Å². The van der Waals surface area contributed by atoms with Crippen LogP contribution in [-0.2, 0) is 19.6 Å². The molecule has 0 spiro atoms. The number of sulfonamides is 1. The average Bonchev–Trinajstić information content (AvgIpc) is 2.33. The summed E-state index contributed by atoms with van der Waals surface area (Å²) < 4.78 is 22.6. The van der Waals surface area contributed by atoms with Gasteiger partial charge in [-0.2, -0.15) is 0 Å². The summed E-state index contributed by atoms with van der Waals surface area (Å²) in [7, 11) is -3.87. The predicted octanol–water partition coefficient (Wildman–Crippen LogP) is -0.842. The fraction of sp³-hybridized carbons (Fsp3) is 0.333. The van der Waals surface area contributed by atoms with E-state index in [0.29, 0.717) is 5.69 Å². The Bertz CT molecular complexity index is 727. The van der Waals surface area contributed by atoms with Gasteiger partial charge in [0.1, 0.15) is 5.54 Å². The maximum atomic E-state index is 11.9. The zero-order chi connectivity index (χ0) is 16.0. The summed E-state index contributed by atoms with van der Waals surface area (Å²) >= 11 is 0. The molecule has 0 aromatic heterocycles. The minimum absolute atomic E-state index is 0.0579. The maximum Gasteiger partial charge on any atom is 0.251 e. The molecule has 0 radical (unpaired) electrons. The van der Waals surface area contributed by atoms with Gasteiger partial charge in [-0.15, -0.1) is 0 Å². The zero-order valence-electron chi connectivity index (χ0n) is 11.6. The number of hydrogen-bond donors (Lipinski definition) is 3. The minimum atomic E-state index is -3.87. The molecule has 9 heteroatoms. The van der Waals surface area contributed by atoms with Crippen molar-refractivity contribution in [3.05, 3.63) is 18.2 Å². The molecule has 0 atom stereocenters. The van der Waals surface area contributed by atoms with E-state index in [1.807, 2.05) is 0 Å². The third-order valence-electron chi connectivity index (χ3n) is 3.40. The zero-order valence-corrected chi connectivity index (χ0v) is 12.4. The number of nitrogens with one attached hydrogen (secondary N) is 1. The number of carbonyl (C=O) groups excluding carboxylic acids is 2. The van der Waals surface area contributed by atoms with Crippen LogP contribution >= 0.6 is 0 Å². The highest BCUT2D eigenvalue weighted by Gasteiger charge is 2.41. The van der Waals surface area contributed by atoms with Crippen LogP contribution in [0.1, 0.15) is 13.8 Å². The van der Waals surface area contributed by atoms with Gasteiger partial charge in [-0.1, -0.05) is 0 Å². The Morgan fingerprint density at radius 1 is 1.29 bits per heavy atom. The monoisotopic (exact) mass is 312 g/mol. The SMILES string of the molecule is CC1(C)C(=O)NC(=O)CN1c1ccc(S(N)(=O)=O)cc1N. The summed E-state index contributed by atoms with van der Waals surface area (Å²) in [4.78, 5) is 24.9. The van der Waals surface area contributed by atoms with Gasteiger partial charge in [0.25, 0.3) is 5.91 Å². The van der Waals surface area contributed by atoms with Crippen molar-refractivity contribution in [2.75, 3.05) is 17.2 Å². The normalized spacial score (nSPS) is 18.5. The van der Waals surface area contributed by atoms with Gasteiger partial charge in [-0.3, -0.25) is 14.9 Å². The van der Waals surface area contributed by atoms with Crippen molar-refractivity contribution < 1.29 is 18.0 Å². The predicted molar refractivity (Wildman–Crippen MR) is 76.8 cm³/mol. The van der Waals surface area contributed by atoms with E-state index in [1.54, 1.807) is 13.8 Å². The molecule has 1 fully saturated rings. The van der Waals surface area contributed by atoms with E-state index in [9.17, 15) is 18.0 Å². The summed E-state index contributed by atoms with van der Waals surface area (Å²) in [6.07, 6.45) is 0. The molecule has 2 rings (SSSR count). The number of carbonyl (C=O) groups is 2. The fourth-order valence-corrected chi connectivity index (χ4v) is 2.67. The number of anilines is 2. The van der Waals surface area contributed by atoms with Crippen molar-refractivity contribution in [2.24, 2.45) is 5.14 Å². The van der Waals surface area contributed by atoms with Gasteiger partial charge >= 0.3 is 0 Å². The molecule has 1 heterocycles. The van der Waals surface area contributed by atoms with Crippen LogP contribution in [0.3, 0.4) is 0 Å². The number of benzene rings is 1. The molecule has 8 nitrogen and oxygen atoms in total. The first-order valence-electron chi connectivity index (χ1n) is 6.08. The van der Waals surface area contributed by atoms with Gasteiger partial charge in [0, 0.05) is 0 Å². The summed E-state index contributed by atoms with van der Waals surface area (Å²) in [6.45, 7) is 3.22. The second kappa shape index (κ2) is 4.71. The number of rotatable bonds is 2. The van der Waals surface area contributed by atoms with Crippen LogP contribution in [0, 0.1) is 0 Å². The van der Waals surface area contributed by atoms with Crippen LogP contribution in [0.2, 0.25) is 0 Å². The first-order valence-corrected chi connectivity index (χ1v) is 7.62. The van der Waals surface area contributed by atoms with E-state index in [-0.39, 0.29) is 17.1 Å². The molecule has 1 aromatic rings. The molecule has 114 valence electrons. The number of hydrogen-bond acceptors (Lipinski definition) is 6. The molecule has 1 aromatic carbocycles. The van der Waals surface area contributed by atoms with Gasteiger partial charge in [0.05, 0.1) is 22.8 Å². The topological polar surface area (TPSA) is 136 Å². The van der Waals surface area contributed by atoms with Crippen molar-refractivity contribution in [1.29, 1.82) is 0 Å². The Kier molecular flexibility index (Phi) is 3.42. The molecule has 5 N–H and O–H groups in total. The molecular weight excluding hydrogens is 296 g/mol. The van der Waals surface area contributed by atoms with Crippen LogP contribution in [-0.4, -0.2) is 32.3 Å². The Labute approximate surface area is 122 Å². The Hall–Kier alpha value is -2.13. The van der Waals surface area contributed by atoms with E-state index in [0.717, 1.165) is 0 Å². The molecule has 0 bridgehead atoms. The number of amides is 2. The van der Waals surface area contributed by atoms with Crippen molar-refractivity contribution in [3.8, 4) is 0 Å². The van der Waals surface area contributed by atoms with Crippen LogP contribution in [0.25, 0.3) is 0 Å². The van der Waals surface area contributed by atoms with Crippen molar-refractivity contribution in [2.45, 2.75) is 24.3 Å². The molecule has 21 heavy (non-hydrogen) atoms. The maximum absolute atomic E-state index is 11.9. The minimum Gasteiger partial charge on any atom is -0.397 e. The number of primary sulfonamides is 1. The Morgan fingerprint density at radius 3 is 2.43 bits per heavy atom. The smallest absolute Gasteiger partial charge is 0.251 e. The van der Waals surface area contributed by atoms with E-state index >= 15 is 0 Å². The van der Waals surface area contributed by atoms with Crippen LogP contribution in [0.5, 0.6) is 0 Å². The molecule has 0 unspecified atom stereocenters. The van der Waals surface area contributed by atoms with Crippen LogP contribution in [0.4, 0.5) is 11.4 Å². The van der Waals surface area contributed by atoms with Crippen molar-refractivity contribution in [1.82, 2.24) is 5.32 Å². The molecule has 2 amide bonds. The molecule has 1 saturated heterocycles. The molecule has 1 aliphatic rings. The highest BCUT2D eigenvalue weighted by atomic mass is 32.2. The van der Waals surface area contributed by atoms with Gasteiger partial charge in [0.15, 0.2) is 0 Å². The van der Waals surface area contributed by atoms with Crippen LogP contribution < -0.4 is 21.1 Å². The van der Waals surface area contributed by atoms with Crippen LogP contribution in [0.15, 0.2) is 23.1 Å². The molecule has 0 aliphatic carbocycles. The van der Waals surface area contributed by atoms with E-state index in [1.165, 1.54) is 23.1 Å². The quantitative estimate of drug-likeness (QED) is 0.481. The van der Waals surface area contributed by atoms with Gasteiger partial charge in [-0.25, -0.2) is 13.6 Å². The van der Waals surface area contributed by atoms with Gasteiger partial charge in [0.2, 0.25) is 15.9 Å². The molecule has 1 aliphatic heterocycles. The molecule has 0 saturated carbocycles. The lowest BCUT2D eigenvalue weighted by Gasteiger charge is -2.42. The number of nitrogen functional groups attached to an aromatic ring is 1. The Balaban J connectivity index is 2.51. The highest BCUT2D eigenvalue weighted by Crippen LogP contribution is 2.32. The third-order valence-corrected chi connectivity index (χ3v) is 4.31. The second-order valence-corrected chi connectivity index (χ2v) is 6.85. The average molecular weight is 312 g/mol. The standard InChI is InChI=1S/C12H16N4O4S/c1-12(2)11(18)15-10(17)6-16(12)9-4-3-7(5-8(9)13)21(14,19)20/h3-5H,6,13H2,1-2H3,(H2,14,19,20)(H,15,17,18). The number of piperazine rings is 1. The molecular formula is C12H16N4O4S. The van der Waals surface area contributed by atoms with Gasteiger partial charge in [-0.05, 0) is 32.0 Å². The number of imide groups is 1. The first kappa shape index (κ1) is 15.3. The van der Waals surface area contributed by atoms with Crippen molar-refractivity contribution in [3.63, 3.8) is 0 Å². The summed E-state index contributed by atoms with van der Waals surface area (Å²) in [5, 5.41) is 7.28. The Morgan fingerprint density at radius 2 is 1.90 bits per heavy atom. The second-order valence-electron chi connectivity index (χ2n) is 5.29. The highest BCUT2D eigenvalue weighted by molar-refractivity contribution is 7.89. The lowest BCUT2D eigenvalue weighted by molar-refractivity contribution is -0.135. The first-order chi connectivity index (χ1) is 9.53. The lowest BCUT2D eigenvalue weighted by Crippen LogP contribution is -2.64. The number of nitrogens with two attached hydrogens (primary N) is 2. The lowest BCUT2D eigenvalue weighted by atomic mass is 9.97. The van der Waals surface area contributed by atoms with E-state index < -0.39 is 27.4 Å². The third kappa shape index (κ3) is 2.69. The summed E-state index contributed by atoms with van der Waals surface area (Å²) in [5.41, 5.74) is 5.38.